The van der Waals surface area contributed by atoms with Crippen molar-refractivity contribution in [3.05, 3.63) is 29.3 Å². The van der Waals surface area contributed by atoms with Crippen LogP contribution >= 0.6 is 0 Å². The van der Waals surface area contributed by atoms with Gasteiger partial charge in [0.25, 0.3) is 11.8 Å². The number of benzene rings is 1. The number of amides is 5. The van der Waals surface area contributed by atoms with Gasteiger partial charge in [0.05, 0.1) is 30.0 Å². The first-order valence-electron chi connectivity index (χ1n) is 11.8. The van der Waals surface area contributed by atoms with Gasteiger partial charge in [0.15, 0.2) is 0 Å². The molecule has 5 amide bonds. The van der Waals surface area contributed by atoms with E-state index >= 15 is 0 Å². The van der Waals surface area contributed by atoms with Crippen LogP contribution in [0.2, 0.25) is 0 Å². The van der Waals surface area contributed by atoms with Crippen LogP contribution in [0.25, 0.3) is 0 Å². The van der Waals surface area contributed by atoms with Crippen molar-refractivity contribution in [2.24, 2.45) is 0 Å². The fourth-order valence-electron chi connectivity index (χ4n) is 4.02. The molecule has 0 radical (unpaired) electrons. The lowest BCUT2D eigenvalue weighted by Crippen LogP contribution is -2.54. The van der Waals surface area contributed by atoms with Crippen LogP contribution in [0.15, 0.2) is 18.2 Å². The molecule has 1 unspecified atom stereocenters. The van der Waals surface area contributed by atoms with Crippen molar-refractivity contribution in [1.29, 1.82) is 0 Å². The molecule has 0 saturated carbocycles. The highest BCUT2D eigenvalue weighted by molar-refractivity contribution is 6.26. The predicted molar refractivity (Wildman–Crippen MR) is 124 cm³/mol. The van der Waals surface area contributed by atoms with E-state index < -0.39 is 41.5 Å². The molecule has 0 bridgehead atoms. The van der Waals surface area contributed by atoms with E-state index in [9.17, 15) is 28.8 Å². The average molecular weight is 504 g/mol. The second-order valence-corrected chi connectivity index (χ2v) is 8.45. The Labute approximate surface area is 207 Å². The average Bonchev–Trinajstić information content (AvgIpc) is 3.08. The summed E-state index contributed by atoms with van der Waals surface area (Å²) in [4.78, 5) is 73.1. The number of ether oxygens (including phenoxy) is 2. The number of imide groups is 2. The number of fused-ring (bicyclic) bond motifs is 1. The fraction of sp³-hybridized carbons (Fsp3) is 0.500. The van der Waals surface area contributed by atoms with Gasteiger partial charge in [-0.15, -0.1) is 0 Å². The summed E-state index contributed by atoms with van der Waals surface area (Å²) < 4.78 is 10.7. The van der Waals surface area contributed by atoms with Gasteiger partial charge in [-0.05, 0) is 31.4 Å². The van der Waals surface area contributed by atoms with Gasteiger partial charge in [-0.25, -0.2) is 0 Å². The smallest absolute Gasteiger partial charge is 0.303 e. The first-order valence-corrected chi connectivity index (χ1v) is 11.8. The molecule has 3 rings (SSSR count). The first kappa shape index (κ1) is 27.0. The number of hydrogen-bond acceptors (Lipinski definition) is 8. The molecule has 1 saturated heterocycles. The lowest BCUT2D eigenvalue weighted by atomic mass is 10.0. The second kappa shape index (κ2) is 12.9. The van der Waals surface area contributed by atoms with Crippen LogP contribution in [0, 0.1) is 0 Å². The van der Waals surface area contributed by atoms with Crippen molar-refractivity contribution in [1.82, 2.24) is 10.2 Å². The van der Waals surface area contributed by atoms with Crippen LogP contribution in [0.4, 0.5) is 5.69 Å². The third-order valence-corrected chi connectivity index (χ3v) is 5.78. The first-order chi connectivity index (χ1) is 17.3. The van der Waals surface area contributed by atoms with Crippen LogP contribution in [-0.2, 0) is 28.7 Å². The van der Waals surface area contributed by atoms with Crippen LogP contribution in [-0.4, -0.2) is 78.0 Å². The van der Waals surface area contributed by atoms with E-state index in [1.54, 1.807) is 0 Å². The van der Waals surface area contributed by atoms with Crippen molar-refractivity contribution >= 4 is 41.2 Å². The van der Waals surface area contributed by atoms with E-state index in [0.29, 0.717) is 13.0 Å². The number of carbonyl (C=O) groups is 6. The van der Waals surface area contributed by atoms with Crippen molar-refractivity contribution in [2.75, 3.05) is 31.7 Å². The molecule has 3 N–H and O–H groups in total. The minimum Gasteiger partial charge on any atom is -0.481 e. The number of anilines is 1. The molecule has 2 heterocycles. The van der Waals surface area contributed by atoms with Gasteiger partial charge in [-0.2, -0.15) is 0 Å². The summed E-state index contributed by atoms with van der Waals surface area (Å²) in [7, 11) is 0. The van der Waals surface area contributed by atoms with E-state index in [0.717, 1.165) is 24.2 Å². The van der Waals surface area contributed by atoms with Crippen LogP contribution in [0.5, 0.6) is 0 Å². The van der Waals surface area contributed by atoms with Crippen molar-refractivity contribution in [3.8, 4) is 0 Å². The molecule has 12 nitrogen and oxygen atoms in total. The minimum atomic E-state index is -1.09. The maximum absolute atomic E-state index is 13.0. The Morgan fingerprint density at radius 2 is 1.75 bits per heavy atom. The Hall–Kier alpha value is -3.64. The highest BCUT2D eigenvalue weighted by atomic mass is 16.5. The zero-order valence-electron chi connectivity index (χ0n) is 19.7. The van der Waals surface area contributed by atoms with Gasteiger partial charge in [0.2, 0.25) is 17.7 Å². The summed E-state index contributed by atoms with van der Waals surface area (Å²) in [6.45, 7) is 0.691. The lowest BCUT2D eigenvalue weighted by molar-refractivity contribution is -0.138. The zero-order chi connectivity index (χ0) is 26.1. The van der Waals surface area contributed by atoms with E-state index in [1.807, 2.05) is 0 Å². The standard InChI is InChI=1S/C24H29N3O9/c28-18-10-9-17(22(32)26-18)27-23(33)15-6-5-7-16(21(15)24(27)34)25-19(29)14-36-13-12-35-11-4-2-1-3-8-20(30)31/h5-7,17H,1-4,8-14H2,(H,25,29)(H,30,31)(H,26,28,32). The molecule has 1 aromatic carbocycles. The number of carboxylic acid groups (broad SMARTS) is 1. The number of nitrogens with zero attached hydrogens (tertiary/aromatic N) is 1. The molecule has 36 heavy (non-hydrogen) atoms. The number of nitrogens with one attached hydrogen (secondary N) is 2. The van der Waals surface area contributed by atoms with Crippen LogP contribution in [0.1, 0.15) is 65.7 Å². The fourth-order valence-corrected chi connectivity index (χ4v) is 4.02. The zero-order valence-corrected chi connectivity index (χ0v) is 19.7. The Balaban J connectivity index is 1.42. The quantitative estimate of drug-likeness (QED) is 0.249. The Morgan fingerprint density at radius 3 is 2.50 bits per heavy atom. The molecule has 2 aliphatic heterocycles. The van der Waals surface area contributed by atoms with Gasteiger partial charge >= 0.3 is 5.97 Å². The number of unbranched alkanes of at least 4 members (excludes halogenated alkanes) is 3. The summed E-state index contributed by atoms with van der Waals surface area (Å²) >= 11 is 0. The molecular formula is C24H29N3O9. The van der Waals surface area contributed by atoms with Gasteiger partial charge < -0.3 is 19.9 Å². The number of carboxylic acids is 1. The molecule has 0 spiro atoms. The molecule has 12 heteroatoms. The van der Waals surface area contributed by atoms with Gasteiger partial charge in [0.1, 0.15) is 12.6 Å². The third-order valence-electron chi connectivity index (χ3n) is 5.78. The summed E-state index contributed by atoms with van der Waals surface area (Å²) in [6, 6.07) is 3.35. The molecular weight excluding hydrogens is 474 g/mol. The van der Waals surface area contributed by atoms with Crippen molar-refractivity contribution in [3.63, 3.8) is 0 Å². The number of carbonyl (C=O) groups excluding carboxylic acids is 5. The summed E-state index contributed by atoms with van der Waals surface area (Å²) in [6.07, 6.45) is 3.38. The van der Waals surface area contributed by atoms with E-state index in [2.05, 4.69) is 10.6 Å². The Kier molecular flexibility index (Phi) is 9.65. The molecule has 1 atom stereocenters. The third kappa shape index (κ3) is 6.95. The maximum atomic E-state index is 13.0. The number of hydrogen-bond donors (Lipinski definition) is 3. The maximum Gasteiger partial charge on any atom is 0.303 e. The summed E-state index contributed by atoms with van der Waals surface area (Å²) in [5, 5.41) is 13.3. The van der Waals surface area contributed by atoms with E-state index in [1.165, 1.54) is 18.2 Å². The van der Waals surface area contributed by atoms with E-state index in [-0.39, 0.29) is 55.9 Å². The molecule has 194 valence electrons. The molecule has 0 aromatic heterocycles. The molecule has 0 aliphatic carbocycles. The topological polar surface area (TPSA) is 168 Å². The van der Waals surface area contributed by atoms with Crippen LogP contribution < -0.4 is 10.6 Å². The number of piperidine rings is 1. The highest BCUT2D eigenvalue weighted by Gasteiger charge is 2.45. The second-order valence-electron chi connectivity index (χ2n) is 8.45. The Bertz CT molecular complexity index is 1040. The monoisotopic (exact) mass is 503 g/mol. The van der Waals surface area contributed by atoms with E-state index in [4.69, 9.17) is 14.6 Å². The van der Waals surface area contributed by atoms with Gasteiger partial charge in [-0.3, -0.25) is 39.0 Å². The predicted octanol–water partition coefficient (Wildman–Crippen LogP) is 1.09. The normalized spacial score (nSPS) is 17.2. The van der Waals surface area contributed by atoms with Crippen molar-refractivity contribution < 1.29 is 43.3 Å². The van der Waals surface area contributed by atoms with Gasteiger partial charge in [0, 0.05) is 19.4 Å². The number of aliphatic carboxylic acids is 1. The SMILES string of the molecule is O=C(O)CCCCCCOCCOCC(=O)Nc1cccc2c1C(=O)N(C1CCC(=O)NC1=O)C2=O. The highest BCUT2D eigenvalue weighted by Crippen LogP contribution is 2.32. The summed E-state index contributed by atoms with van der Waals surface area (Å²) in [5.74, 6) is -3.85. The Morgan fingerprint density at radius 1 is 1.00 bits per heavy atom. The molecule has 2 aliphatic rings. The largest absolute Gasteiger partial charge is 0.481 e. The van der Waals surface area contributed by atoms with Crippen molar-refractivity contribution in [2.45, 2.75) is 51.0 Å². The molecule has 1 fully saturated rings. The molecule has 1 aromatic rings. The van der Waals surface area contributed by atoms with Gasteiger partial charge in [-0.1, -0.05) is 18.9 Å². The lowest BCUT2D eigenvalue weighted by Gasteiger charge is -2.27. The summed E-state index contributed by atoms with van der Waals surface area (Å²) in [5.41, 5.74) is 0.195. The van der Waals surface area contributed by atoms with Crippen LogP contribution in [0.3, 0.4) is 0 Å². The number of rotatable bonds is 14. The minimum absolute atomic E-state index is 0.00719.